The maximum atomic E-state index is 12.2. The Kier molecular flexibility index (Phi) is 6.07. The highest BCUT2D eigenvalue weighted by Crippen LogP contribution is 2.11. The number of rotatable bonds is 4. The predicted octanol–water partition coefficient (Wildman–Crippen LogP) is 1.78. The fraction of sp³-hybridized carbons (Fsp3) is 0.786. The van der Waals surface area contributed by atoms with Crippen LogP contribution in [0.3, 0.4) is 0 Å². The molecule has 96 valence electrons. The first-order chi connectivity index (χ1) is 8.15. The molecular formula is C14H24N2O. The number of terminal acetylenes is 1. The van der Waals surface area contributed by atoms with Crippen LogP contribution in [-0.2, 0) is 4.79 Å². The summed E-state index contributed by atoms with van der Waals surface area (Å²) in [6, 6.07) is 0.0716. The second-order valence-electron chi connectivity index (χ2n) is 4.94. The van der Waals surface area contributed by atoms with Crippen LogP contribution in [-0.4, -0.2) is 36.0 Å². The molecule has 17 heavy (non-hydrogen) atoms. The monoisotopic (exact) mass is 236 g/mol. The third-order valence-corrected chi connectivity index (χ3v) is 3.25. The van der Waals surface area contributed by atoms with Crippen LogP contribution >= 0.6 is 0 Å². The summed E-state index contributed by atoms with van der Waals surface area (Å²) >= 11 is 0. The minimum Gasteiger partial charge on any atom is -0.341 e. The van der Waals surface area contributed by atoms with Crippen LogP contribution in [0.2, 0.25) is 0 Å². The van der Waals surface area contributed by atoms with Crippen LogP contribution < -0.4 is 5.32 Å². The lowest BCUT2D eigenvalue weighted by Crippen LogP contribution is -2.47. The minimum absolute atomic E-state index is 0.128. The third-order valence-electron chi connectivity index (χ3n) is 3.25. The molecule has 0 aromatic carbocycles. The summed E-state index contributed by atoms with van der Waals surface area (Å²) in [5.74, 6) is 2.83. The van der Waals surface area contributed by atoms with E-state index < -0.39 is 0 Å². The van der Waals surface area contributed by atoms with Crippen molar-refractivity contribution in [3.05, 3.63) is 0 Å². The summed E-state index contributed by atoms with van der Waals surface area (Å²) in [7, 11) is 0. The summed E-state index contributed by atoms with van der Waals surface area (Å²) < 4.78 is 0. The first-order valence-corrected chi connectivity index (χ1v) is 6.63. The highest BCUT2D eigenvalue weighted by Gasteiger charge is 2.21. The van der Waals surface area contributed by atoms with Crippen LogP contribution in [0.4, 0.5) is 0 Å². The number of hydrogen-bond donors (Lipinski definition) is 1. The Hall–Kier alpha value is -1.01. The molecule has 0 aromatic rings. The molecule has 1 amide bonds. The van der Waals surface area contributed by atoms with E-state index in [1.165, 1.54) is 12.8 Å². The second kappa shape index (κ2) is 7.34. The Labute approximate surface area is 105 Å². The Bertz CT molecular complexity index is 274. The smallest absolute Gasteiger partial charge is 0.239 e. The van der Waals surface area contributed by atoms with Gasteiger partial charge in [0.05, 0.1) is 6.04 Å². The van der Waals surface area contributed by atoms with Crippen molar-refractivity contribution in [1.29, 1.82) is 0 Å². The van der Waals surface area contributed by atoms with E-state index in [2.05, 4.69) is 11.2 Å². The van der Waals surface area contributed by atoms with Crippen molar-refractivity contribution in [2.75, 3.05) is 13.1 Å². The molecule has 1 aliphatic rings. The molecule has 1 aliphatic heterocycles. The molecule has 3 nitrogen and oxygen atoms in total. The number of amides is 1. The Morgan fingerprint density at radius 3 is 2.41 bits per heavy atom. The molecular weight excluding hydrogens is 212 g/mol. The molecule has 1 heterocycles. The predicted molar refractivity (Wildman–Crippen MR) is 70.6 cm³/mol. The Morgan fingerprint density at radius 2 is 1.88 bits per heavy atom. The zero-order chi connectivity index (χ0) is 12.7. The van der Waals surface area contributed by atoms with Crippen molar-refractivity contribution in [1.82, 2.24) is 10.2 Å². The summed E-state index contributed by atoms with van der Waals surface area (Å²) in [6.07, 6.45) is 10.7. The van der Waals surface area contributed by atoms with Gasteiger partial charge in [0.1, 0.15) is 0 Å². The summed E-state index contributed by atoms with van der Waals surface area (Å²) in [4.78, 5) is 14.2. The van der Waals surface area contributed by atoms with Gasteiger partial charge < -0.3 is 10.2 Å². The van der Waals surface area contributed by atoms with Gasteiger partial charge in [0.15, 0.2) is 0 Å². The van der Waals surface area contributed by atoms with Gasteiger partial charge in [-0.1, -0.05) is 12.8 Å². The highest BCUT2D eigenvalue weighted by atomic mass is 16.2. The average Bonchev–Trinajstić information content (AvgIpc) is 2.56. The summed E-state index contributed by atoms with van der Waals surface area (Å²) in [5.41, 5.74) is 0. The fourth-order valence-electron chi connectivity index (χ4n) is 2.30. The van der Waals surface area contributed by atoms with Crippen LogP contribution in [0, 0.1) is 12.3 Å². The number of likely N-dealkylation sites (tertiary alicyclic amines) is 1. The van der Waals surface area contributed by atoms with Crippen LogP contribution in [0.25, 0.3) is 0 Å². The number of hydrogen-bond acceptors (Lipinski definition) is 2. The van der Waals surface area contributed by atoms with Gasteiger partial charge in [0, 0.05) is 25.6 Å². The number of carbonyl (C=O) groups excluding carboxylic acids is 1. The van der Waals surface area contributed by atoms with Crippen LogP contribution in [0.1, 0.15) is 46.0 Å². The van der Waals surface area contributed by atoms with Gasteiger partial charge in [0.2, 0.25) is 5.91 Å². The molecule has 1 N–H and O–H groups in total. The maximum Gasteiger partial charge on any atom is 0.239 e. The topological polar surface area (TPSA) is 32.3 Å². The summed E-state index contributed by atoms with van der Waals surface area (Å²) in [5, 5.41) is 3.26. The van der Waals surface area contributed by atoms with Gasteiger partial charge >= 0.3 is 0 Å². The van der Waals surface area contributed by atoms with Crippen molar-refractivity contribution in [2.24, 2.45) is 0 Å². The lowest BCUT2D eigenvalue weighted by Gasteiger charge is -2.26. The summed E-state index contributed by atoms with van der Waals surface area (Å²) in [6.45, 7) is 5.77. The van der Waals surface area contributed by atoms with E-state index in [1.54, 1.807) is 0 Å². The van der Waals surface area contributed by atoms with E-state index >= 15 is 0 Å². The van der Waals surface area contributed by atoms with E-state index in [9.17, 15) is 4.79 Å². The Morgan fingerprint density at radius 1 is 1.29 bits per heavy atom. The van der Waals surface area contributed by atoms with Gasteiger partial charge in [-0.25, -0.2) is 0 Å². The fourth-order valence-corrected chi connectivity index (χ4v) is 2.30. The molecule has 2 atom stereocenters. The molecule has 3 heteroatoms. The maximum absolute atomic E-state index is 12.2. The molecule has 0 aliphatic carbocycles. The normalized spacial score (nSPS) is 20.2. The average molecular weight is 236 g/mol. The number of carbonyl (C=O) groups is 1. The van der Waals surface area contributed by atoms with Gasteiger partial charge in [-0.3, -0.25) is 4.79 Å². The first-order valence-electron chi connectivity index (χ1n) is 6.63. The van der Waals surface area contributed by atoms with Crippen LogP contribution in [0.15, 0.2) is 0 Å². The van der Waals surface area contributed by atoms with Gasteiger partial charge in [-0.05, 0) is 26.7 Å². The van der Waals surface area contributed by atoms with E-state index in [-0.39, 0.29) is 18.0 Å². The lowest BCUT2D eigenvalue weighted by atomic mass is 10.2. The molecule has 1 fully saturated rings. The molecule has 0 saturated carbocycles. The first kappa shape index (κ1) is 14.1. The van der Waals surface area contributed by atoms with Crippen molar-refractivity contribution >= 4 is 5.91 Å². The van der Waals surface area contributed by atoms with E-state index in [0.717, 1.165) is 25.9 Å². The molecule has 1 saturated heterocycles. The van der Waals surface area contributed by atoms with E-state index in [0.29, 0.717) is 6.42 Å². The molecule has 1 rings (SSSR count). The molecule has 2 unspecified atom stereocenters. The van der Waals surface area contributed by atoms with E-state index in [4.69, 9.17) is 6.42 Å². The van der Waals surface area contributed by atoms with Gasteiger partial charge in [-0.2, -0.15) is 0 Å². The zero-order valence-electron chi connectivity index (χ0n) is 11.0. The lowest BCUT2D eigenvalue weighted by molar-refractivity contribution is -0.133. The highest BCUT2D eigenvalue weighted by molar-refractivity contribution is 5.81. The van der Waals surface area contributed by atoms with Crippen molar-refractivity contribution in [2.45, 2.75) is 58.0 Å². The quantitative estimate of drug-likeness (QED) is 0.755. The van der Waals surface area contributed by atoms with Crippen molar-refractivity contribution < 1.29 is 4.79 Å². The SMILES string of the molecule is C#CCC(C)NC(C)C(=O)N1CCCCCC1. The second-order valence-corrected chi connectivity index (χ2v) is 4.94. The van der Waals surface area contributed by atoms with Crippen LogP contribution in [0.5, 0.6) is 0 Å². The molecule has 0 radical (unpaired) electrons. The standard InChI is InChI=1S/C14H24N2O/c1-4-9-12(2)15-13(3)14(17)16-10-7-5-6-8-11-16/h1,12-13,15H,5-11H2,2-3H3. The molecule has 0 aromatic heterocycles. The van der Waals surface area contributed by atoms with E-state index in [1.807, 2.05) is 18.7 Å². The minimum atomic E-state index is -0.128. The third kappa shape index (κ3) is 4.79. The Balaban J connectivity index is 2.42. The molecule has 0 spiro atoms. The van der Waals surface area contributed by atoms with Gasteiger partial charge in [0.25, 0.3) is 0 Å². The number of nitrogens with zero attached hydrogens (tertiary/aromatic N) is 1. The number of nitrogens with one attached hydrogen (secondary N) is 1. The molecule has 0 bridgehead atoms. The largest absolute Gasteiger partial charge is 0.341 e. The zero-order valence-corrected chi connectivity index (χ0v) is 11.0. The van der Waals surface area contributed by atoms with Crippen molar-refractivity contribution in [3.63, 3.8) is 0 Å². The van der Waals surface area contributed by atoms with Crippen molar-refractivity contribution in [3.8, 4) is 12.3 Å². The van der Waals surface area contributed by atoms with Gasteiger partial charge in [-0.15, -0.1) is 12.3 Å².